The average molecular weight is 371 g/mol. The molecule has 0 aliphatic carbocycles. The highest BCUT2D eigenvalue weighted by Gasteiger charge is 2.40. The number of sulfonamides is 1. The first-order chi connectivity index (χ1) is 11.8. The van der Waals surface area contributed by atoms with Crippen LogP contribution in [0.1, 0.15) is 37.6 Å². The van der Waals surface area contributed by atoms with Gasteiger partial charge in [-0.15, -0.1) is 0 Å². The lowest BCUT2D eigenvalue weighted by Crippen LogP contribution is -2.49. The van der Waals surface area contributed by atoms with Gasteiger partial charge in [-0.3, -0.25) is 4.79 Å². The summed E-state index contributed by atoms with van der Waals surface area (Å²) in [5.41, 5.74) is 0.369. The zero-order valence-electron chi connectivity index (χ0n) is 14.9. The van der Waals surface area contributed by atoms with Gasteiger partial charge in [-0.05, 0) is 33.1 Å². The van der Waals surface area contributed by atoms with Crippen LogP contribution in [-0.4, -0.2) is 67.1 Å². The molecular weight excluding hydrogens is 346 g/mol. The molecule has 2 aliphatic rings. The minimum atomic E-state index is -3.67. The lowest BCUT2D eigenvalue weighted by Gasteiger charge is -2.37. The third-order valence-electron chi connectivity index (χ3n) is 5.03. The van der Waals surface area contributed by atoms with Crippen LogP contribution in [0.5, 0.6) is 0 Å². The number of rotatable bonds is 4. The molecule has 1 aromatic rings. The van der Waals surface area contributed by atoms with Crippen LogP contribution in [0.15, 0.2) is 9.42 Å². The molecule has 0 spiro atoms. The molecule has 2 aliphatic heterocycles. The second-order valence-corrected chi connectivity index (χ2v) is 8.60. The summed E-state index contributed by atoms with van der Waals surface area (Å²) in [5.74, 6) is 0.294. The van der Waals surface area contributed by atoms with Crippen molar-refractivity contribution in [1.82, 2.24) is 14.4 Å². The van der Waals surface area contributed by atoms with Gasteiger partial charge in [0.1, 0.15) is 10.6 Å². The Morgan fingerprint density at radius 3 is 2.44 bits per heavy atom. The van der Waals surface area contributed by atoms with Gasteiger partial charge in [0.05, 0.1) is 0 Å². The SMILES string of the molecule is CC(=O)N(C1CCOCC1)C1CCN(S(=O)(=O)c2c(C)noc2C)C1. The Hall–Kier alpha value is -1.45. The van der Waals surface area contributed by atoms with Gasteiger partial charge in [-0.25, -0.2) is 8.42 Å². The average Bonchev–Trinajstić information content (AvgIpc) is 3.16. The summed E-state index contributed by atoms with van der Waals surface area (Å²) in [5, 5.41) is 3.75. The molecule has 0 aromatic carbocycles. The number of aromatic nitrogens is 1. The summed E-state index contributed by atoms with van der Waals surface area (Å²) >= 11 is 0. The van der Waals surface area contributed by atoms with Gasteiger partial charge in [-0.2, -0.15) is 4.31 Å². The largest absolute Gasteiger partial charge is 0.381 e. The number of carbonyl (C=O) groups is 1. The monoisotopic (exact) mass is 371 g/mol. The Morgan fingerprint density at radius 2 is 1.88 bits per heavy atom. The fourth-order valence-corrected chi connectivity index (χ4v) is 5.69. The van der Waals surface area contributed by atoms with Gasteiger partial charge < -0.3 is 14.2 Å². The van der Waals surface area contributed by atoms with Crippen molar-refractivity contribution < 1.29 is 22.5 Å². The number of ether oxygens (including phenoxy) is 1. The maximum absolute atomic E-state index is 13.0. The number of hydrogen-bond acceptors (Lipinski definition) is 6. The molecule has 140 valence electrons. The summed E-state index contributed by atoms with van der Waals surface area (Å²) in [6.07, 6.45) is 2.24. The van der Waals surface area contributed by atoms with Crippen LogP contribution in [0, 0.1) is 13.8 Å². The summed E-state index contributed by atoms with van der Waals surface area (Å²) < 4.78 is 37.7. The van der Waals surface area contributed by atoms with E-state index in [0.717, 1.165) is 12.8 Å². The highest BCUT2D eigenvalue weighted by Crippen LogP contribution is 2.29. The van der Waals surface area contributed by atoms with Crippen molar-refractivity contribution in [2.45, 2.75) is 57.0 Å². The lowest BCUT2D eigenvalue weighted by molar-refractivity contribution is -0.135. The van der Waals surface area contributed by atoms with Gasteiger partial charge >= 0.3 is 0 Å². The first-order valence-corrected chi connectivity index (χ1v) is 10.1. The highest BCUT2D eigenvalue weighted by molar-refractivity contribution is 7.89. The summed E-state index contributed by atoms with van der Waals surface area (Å²) in [7, 11) is -3.67. The van der Waals surface area contributed by atoms with Crippen molar-refractivity contribution in [3.05, 3.63) is 11.5 Å². The quantitative estimate of drug-likeness (QED) is 0.786. The molecule has 8 nitrogen and oxygen atoms in total. The highest BCUT2D eigenvalue weighted by atomic mass is 32.2. The zero-order valence-corrected chi connectivity index (χ0v) is 15.7. The number of amides is 1. The summed E-state index contributed by atoms with van der Waals surface area (Å²) in [6, 6.07) is 0.0221. The van der Waals surface area contributed by atoms with E-state index in [1.54, 1.807) is 20.8 Å². The van der Waals surface area contributed by atoms with Crippen LogP contribution in [0.2, 0.25) is 0 Å². The molecule has 1 unspecified atom stereocenters. The topological polar surface area (TPSA) is 93.0 Å². The van der Waals surface area contributed by atoms with Gasteiger partial charge in [0.2, 0.25) is 15.9 Å². The van der Waals surface area contributed by atoms with Crippen molar-refractivity contribution in [3.63, 3.8) is 0 Å². The molecular formula is C16H25N3O5S. The van der Waals surface area contributed by atoms with Crippen LogP contribution < -0.4 is 0 Å². The normalized spacial score (nSPS) is 23.1. The van der Waals surface area contributed by atoms with Crippen LogP contribution in [0.25, 0.3) is 0 Å². The smallest absolute Gasteiger partial charge is 0.248 e. The van der Waals surface area contributed by atoms with E-state index >= 15 is 0 Å². The van der Waals surface area contributed by atoms with E-state index in [0.29, 0.717) is 44.2 Å². The Balaban J connectivity index is 1.79. The Morgan fingerprint density at radius 1 is 1.20 bits per heavy atom. The molecule has 3 rings (SSSR count). The van der Waals surface area contributed by atoms with E-state index < -0.39 is 10.0 Å². The van der Waals surface area contributed by atoms with E-state index in [1.165, 1.54) is 4.31 Å². The van der Waals surface area contributed by atoms with Crippen LogP contribution >= 0.6 is 0 Å². The maximum atomic E-state index is 13.0. The van der Waals surface area contributed by atoms with Crippen molar-refractivity contribution in [1.29, 1.82) is 0 Å². The molecule has 2 fully saturated rings. The standard InChI is InChI=1S/C16H25N3O5S/c1-11-16(12(2)24-17-11)25(21,22)18-7-4-15(10-18)19(13(3)20)14-5-8-23-9-6-14/h14-15H,4-10H2,1-3H3. The number of nitrogens with zero attached hydrogens (tertiary/aromatic N) is 3. The van der Waals surface area contributed by atoms with Crippen LogP contribution in [-0.2, 0) is 19.6 Å². The Bertz CT molecular complexity index is 719. The first kappa shape index (κ1) is 18.3. The number of hydrogen-bond donors (Lipinski definition) is 0. The Labute approximate surface area is 148 Å². The molecule has 0 radical (unpaired) electrons. The van der Waals surface area contributed by atoms with E-state index in [4.69, 9.17) is 9.26 Å². The predicted molar refractivity (Wildman–Crippen MR) is 89.5 cm³/mol. The second-order valence-electron chi connectivity index (χ2n) is 6.73. The molecule has 1 amide bonds. The van der Waals surface area contributed by atoms with E-state index in [1.807, 2.05) is 4.90 Å². The molecule has 0 bridgehead atoms. The lowest BCUT2D eigenvalue weighted by atomic mass is 10.0. The van der Waals surface area contributed by atoms with Crippen molar-refractivity contribution in [2.75, 3.05) is 26.3 Å². The Kier molecular flexibility index (Phi) is 5.17. The van der Waals surface area contributed by atoms with Crippen LogP contribution in [0.4, 0.5) is 0 Å². The molecule has 2 saturated heterocycles. The van der Waals surface area contributed by atoms with Gasteiger partial charge in [0, 0.05) is 45.3 Å². The third-order valence-corrected chi connectivity index (χ3v) is 7.14. The molecule has 9 heteroatoms. The van der Waals surface area contributed by atoms with Crippen molar-refractivity contribution in [2.24, 2.45) is 0 Å². The number of carbonyl (C=O) groups excluding carboxylic acids is 1. The minimum Gasteiger partial charge on any atom is -0.381 e. The van der Waals surface area contributed by atoms with E-state index in [9.17, 15) is 13.2 Å². The number of aryl methyl sites for hydroxylation is 2. The summed E-state index contributed by atoms with van der Waals surface area (Å²) in [6.45, 7) is 6.77. The van der Waals surface area contributed by atoms with Crippen molar-refractivity contribution >= 4 is 15.9 Å². The maximum Gasteiger partial charge on any atom is 0.248 e. The van der Waals surface area contributed by atoms with Gasteiger partial charge in [-0.1, -0.05) is 5.16 Å². The third kappa shape index (κ3) is 3.45. The fraction of sp³-hybridized carbons (Fsp3) is 0.750. The minimum absolute atomic E-state index is 0.00603. The van der Waals surface area contributed by atoms with Gasteiger partial charge in [0.15, 0.2) is 5.76 Å². The van der Waals surface area contributed by atoms with Gasteiger partial charge in [0.25, 0.3) is 0 Å². The predicted octanol–water partition coefficient (Wildman–Crippen LogP) is 1.08. The molecule has 0 N–H and O–H groups in total. The zero-order chi connectivity index (χ0) is 18.2. The van der Waals surface area contributed by atoms with Crippen molar-refractivity contribution in [3.8, 4) is 0 Å². The molecule has 25 heavy (non-hydrogen) atoms. The molecule has 1 aromatic heterocycles. The molecule has 1 atom stereocenters. The van der Waals surface area contributed by atoms with E-state index in [2.05, 4.69) is 5.16 Å². The second kappa shape index (κ2) is 7.05. The first-order valence-electron chi connectivity index (χ1n) is 8.62. The molecule has 3 heterocycles. The van der Waals surface area contributed by atoms with E-state index in [-0.39, 0.29) is 22.9 Å². The fourth-order valence-electron chi connectivity index (χ4n) is 3.90. The van der Waals surface area contributed by atoms with Crippen LogP contribution in [0.3, 0.4) is 0 Å². The molecule has 0 saturated carbocycles. The summed E-state index contributed by atoms with van der Waals surface area (Å²) in [4.78, 5) is 14.2.